The third-order valence-corrected chi connectivity index (χ3v) is 3.02. The maximum Gasteiger partial charge on any atom is 0.405 e. The van der Waals surface area contributed by atoms with Crippen molar-refractivity contribution in [1.82, 2.24) is 4.98 Å². The zero-order chi connectivity index (χ0) is 14.3. The Kier molecular flexibility index (Phi) is 3.13. The van der Waals surface area contributed by atoms with Gasteiger partial charge in [-0.3, -0.25) is 4.79 Å². The summed E-state index contributed by atoms with van der Waals surface area (Å²) in [6.45, 7) is -1.17. The molecule has 0 bridgehead atoms. The van der Waals surface area contributed by atoms with Gasteiger partial charge in [0.25, 0.3) is 0 Å². The van der Waals surface area contributed by atoms with E-state index in [0.29, 0.717) is 5.56 Å². The zero-order valence-corrected chi connectivity index (χ0v) is 9.74. The van der Waals surface area contributed by atoms with Gasteiger partial charge >= 0.3 is 6.18 Å². The number of primary amides is 1. The highest BCUT2D eigenvalue weighted by atomic mass is 19.4. The molecule has 8 heteroatoms. The monoisotopic (exact) mass is 275 g/mol. The fourth-order valence-electron chi connectivity index (χ4n) is 1.82. The summed E-state index contributed by atoms with van der Waals surface area (Å²) < 4.78 is 35.9. The van der Waals surface area contributed by atoms with Crippen molar-refractivity contribution in [2.45, 2.75) is 24.1 Å². The molecule has 4 N–H and O–H groups in total. The van der Waals surface area contributed by atoms with Gasteiger partial charge in [0, 0.05) is 12.1 Å². The van der Waals surface area contributed by atoms with Crippen LogP contribution in [0.2, 0.25) is 0 Å². The number of rotatable bonds is 4. The number of carbonyl (C=O) groups excluding carboxylic acids is 1. The molecule has 0 radical (unpaired) electrons. The van der Waals surface area contributed by atoms with E-state index in [1.54, 1.807) is 0 Å². The van der Waals surface area contributed by atoms with Gasteiger partial charge in [0.2, 0.25) is 5.91 Å². The van der Waals surface area contributed by atoms with E-state index in [2.05, 4.69) is 10.3 Å². The van der Waals surface area contributed by atoms with Crippen molar-refractivity contribution in [1.29, 1.82) is 0 Å². The Labute approximate surface area is 106 Å². The van der Waals surface area contributed by atoms with Gasteiger partial charge in [0.05, 0.1) is 0 Å². The number of amides is 1. The summed E-state index contributed by atoms with van der Waals surface area (Å²) in [5, 5.41) is 11.9. The van der Waals surface area contributed by atoms with Crippen LogP contribution in [-0.2, 0) is 4.79 Å². The van der Waals surface area contributed by atoms with Crippen molar-refractivity contribution in [2.75, 3.05) is 11.9 Å². The van der Waals surface area contributed by atoms with E-state index in [-0.39, 0.29) is 12.2 Å². The highest BCUT2D eigenvalue weighted by Gasteiger charge is 2.58. The molecule has 1 aromatic rings. The standard InChI is InChI=1S/C11H12F3N3O2/c12-11(13,14)5-17-8-2-1-6(4-16-8)7-3-10(7,19)9(15)18/h1-2,4,7,19H,3,5H2,(H2,15,18)(H,16,17). The Hall–Kier alpha value is -1.83. The molecule has 2 unspecified atom stereocenters. The third-order valence-electron chi connectivity index (χ3n) is 3.02. The number of halogens is 3. The van der Waals surface area contributed by atoms with Crippen LogP contribution in [0.3, 0.4) is 0 Å². The smallest absolute Gasteiger partial charge is 0.379 e. The molecular weight excluding hydrogens is 263 g/mol. The number of nitrogens with one attached hydrogen (secondary N) is 1. The topological polar surface area (TPSA) is 88.2 Å². The number of alkyl halides is 3. The summed E-state index contributed by atoms with van der Waals surface area (Å²) >= 11 is 0. The van der Waals surface area contributed by atoms with Crippen LogP contribution in [0.25, 0.3) is 0 Å². The summed E-state index contributed by atoms with van der Waals surface area (Å²) in [6.07, 6.45) is -2.79. The molecule has 0 aliphatic heterocycles. The molecule has 0 aromatic carbocycles. The molecule has 2 atom stereocenters. The maximum atomic E-state index is 12.0. The van der Waals surface area contributed by atoms with Crippen molar-refractivity contribution in [3.05, 3.63) is 23.9 Å². The van der Waals surface area contributed by atoms with Gasteiger partial charge < -0.3 is 16.2 Å². The van der Waals surface area contributed by atoms with E-state index in [0.717, 1.165) is 0 Å². The lowest BCUT2D eigenvalue weighted by molar-refractivity contribution is -0.128. The lowest BCUT2D eigenvalue weighted by Crippen LogP contribution is -2.31. The first-order chi connectivity index (χ1) is 8.72. The first kappa shape index (κ1) is 13.6. The second kappa shape index (κ2) is 4.37. The summed E-state index contributed by atoms with van der Waals surface area (Å²) in [6, 6.07) is 2.87. The predicted molar refractivity (Wildman–Crippen MR) is 60.3 cm³/mol. The number of pyridine rings is 1. The quantitative estimate of drug-likeness (QED) is 0.757. The Morgan fingerprint density at radius 2 is 2.26 bits per heavy atom. The predicted octanol–water partition coefficient (Wildman–Crippen LogP) is 0.759. The fourth-order valence-corrected chi connectivity index (χ4v) is 1.82. The van der Waals surface area contributed by atoms with Gasteiger partial charge in [0.1, 0.15) is 12.4 Å². The Balaban J connectivity index is 1.99. The highest BCUT2D eigenvalue weighted by molar-refractivity contribution is 5.88. The number of hydrogen-bond donors (Lipinski definition) is 3. The van der Waals surface area contributed by atoms with E-state index >= 15 is 0 Å². The van der Waals surface area contributed by atoms with Crippen molar-refractivity contribution in [3.63, 3.8) is 0 Å². The number of nitrogens with two attached hydrogens (primary N) is 1. The lowest BCUT2D eigenvalue weighted by Gasteiger charge is -2.09. The average molecular weight is 275 g/mol. The van der Waals surface area contributed by atoms with Crippen LogP contribution in [-0.4, -0.2) is 34.3 Å². The van der Waals surface area contributed by atoms with Gasteiger partial charge in [-0.25, -0.2) is 4.98 Å². The van der Waals surface area contributed by atoms with Crippen molar-refractivity contribution >= 4 is 11.7 Å². The molecule has 1 aliphatic rings. The Morgan fingerprint density at radius 1 is 1.58 bits per heavy atom. The minimum atomic E-state index is -4.32. The Morgan fingerprint density at radius 3 is 2.68 bits per heavy atom. The van der Waals surface area contributed by atoms with E-state index < -0.39 is 30.1 Å². The van der Waals surface area contributed by atoms with Gasteiger partial charge in [-0.1, -0.05) is 6.07 Å². The minimum Gasteiger partial charge on any atom is -0.379 e. The van der Waals surface area contributed by atoms with Gasteiger partial charge in [-0.15, -0.1) is 0 Å². The van der Waals surface area contributed by atoms with Crippen molar-refractivity contribution in [3.8, 4) is 0 Å². The summed E-state index contributed by atoms with van der Waals surface area (Å²) in [4.78, 5) is 14.8. The van der Waals surface area contributed by atoms with Crippen LogP contribution in [0.4, 0.5) is 19.0 Å². The van der Waals surface area contributed by atoms with E-state index in [9.17, 15) is 23.1 Å². The molecular formula is C11H12F3N3O2. The molecule has 1 heterocycles. The van der Waals surface area contributed by atoms with Gasteiger partial charge in [-0.05, 0) is 18.1 Å². The molecule has 1 fully saturated rings. The first-order valence-electron chi connectivity index (χ1n) is 5.51. The lowest BCUT2D eigenvalue weighted by atomic mass is 10.1. The number of nitrogens with zero attached hydrogens (tertiary/aromatic N) is 1. The number of hydrogen-bond acceptors (Lipinski definition) is 4. The molecule has 0 saturated heterocycles. The largest absolute Gasteiger partial charge is 0.405 e. The van der Waals surface area contributed by atoms with Crippen LogP contribution in [0.1, 0.15) is 17.9 Å². The number of carbonyl (C=O) groups is 1. The Bertz CT molecular complexity index is 489. The molecule has 5 nitrogen and oxygen atoms in total. The average Bonchev–Trinajstić information content (AvgIpc) is 3.00. The van der Waals surface area contributed by atoms with Crippen molar-refractivity contribution < 1.29 is 23.1 Å². The van der Waals surface area contributed by atoms with Crippen LogP contribution in [0.5, 0.6) is 0 Å². The SMILES string of the molecule is NC(=O)C1(O)CC1c1ccc(NCC(F)(F)F)nc1. The summed E-state index contributed by atoms with van der Waals surface area (Å²) in [7, 11) is 0. The molecule has 104 valence electrons. The van der Waals surface area contributed by atoms with Crippen LogP contribution in [0.15, 0.2) is 18.3 Å². The summed E-state index contributed by atoms with van der Waals surface area (Å²) in [5.41, 5.74) is 4.05. The molecule has 1 aromatic heterocycles. The fraction of sp³-hybridized carbons (Fsp3) is 0.455. The molecule has 1 saturated carbocycles. The highest BCUT2D eigenvalue weighted by Crippen LogP contribution is 2.51. The molecule has 1 aliphatic carbocycles. The maximum absolute atomic E-state index is 12.0. The van der Waals surface area contributed by atoms with E-state index in [4.69, 9.17) is 5.73 Å². The summed E-state index contributed by atoms with van der Waals surface area (Å²) in [5.74, 6) is -1.17. The third kappa shape index (κ3) is 2.95. The zero-order valence-electron chi connectivity index (χ0n) is 9.74. The van der Waals surface area contributed by atoms with Crippen LogP contribution >= 0.6 is 0 Å². The van der Waals surface area contributed by atoms with Crippen molar-refractivity contribution in [2.24, 2.45) is 5.73 Å². The second-order valence-corrected chi connectivity index (χ2v) is 4.49. The normalized spacial score (nSPS) is 26.0. The van der Waals surface area contributed by atoms with E-state index in [1.165, 1.54) is 18.3 Å². The van der Waals surface area contributed by atoms with Gasteiger partial charge in [0.15, 0.2) is 5.60 Å². The van der Waals surface area contributed by atoms with Gasteiger partial charge in [-0.2, -0.15) is 13.2 Å². The molecule has 0 spiro atoms. The second-order valence-electron chi connectivity index (χ2n) is 4.49. The molecule has 1 amide bonds. The van der Waals surface area contributed by atoms with Crippen LogP contribution < -0.4 is 11.1 Å². The molecule has 2 rings (SSSR count). The number of anilines is 1. The van der Waals surface area contributed by atoms with Crippen LogP contribution in [0, 0.1) is 0 Å². The number of aromatic nitrogens is 1. The molecule has 19 heavy (non-hydrogen) atoms. The minimum absolute atomic E-state index is 0.0735. The number of aliphatic hydroxyl groups is 1. The van der Waals surface area contributed by atoms with E-state index in [1.807, 2.05) is 0 Å². The first-order valence-corrected chi connectivity index (χ1v) is 5.51.